The van der Waals surface area contributed by atoms with E-state index in [1.807, 2.05) is 0 Å². The van der Waals surface area contributed by atoms with Crippen LogP contribution >= 0.6 is 0 Å². The summed E-state index contributed by atoms with van der Waals surface area (Å²) in [5, 5.41) is 20.5. The van der Waals surface area contributed by atoms with Crippen LogP contribution in [0.2, 0.25) is 0 Å². The molecule has 0 unspecified atom stereocenters. The highest BCUT2D eigenvalue weighted by atomic mass is 19.4. The Labute approximate surface area is 300 Å². The molecule has 10 nitrogen and oxygen atoms in total. The van der Waals surface area contributed by atoms with Crippen LogP contribution < -0.4 is 10.2 Å². The minimum absolute atomic E-state index is 0.0120. The summed E-state index contributed by atoms with van der Waals surface area (Å²) in [5.41, 5.74) is -0.126. The van der Waals surface area contributed by atoms with Crippen molar-refractivity contribution in [1.82, 2.24) is 24.6 Å². The Kier molecular flexibility index (Phi) is 10.9. The zero-order valence-corrected chi connectivity index (χ0v) is 29.6. The number of hydrogen-bond donors (Lipinski definition) is 1. The molecule has 0 radical (unpaired) electrons. The first kappa shape index (κ1) is 36.9. The number of nitrogens with zero attached hydrogens (tertiary/aromatic N) is 7. The number of alkyl halides is 4. The summed E-state index contributed by atoms with van der Waals surface area (Å²) < 4.78 is 66.8. The van der Waals surface area contributed by atoms with Gasteiger partial charge in [-0.1, -0.05) is 12.1 Å². The van der Waals surface area contributed by atoms with E-state index in [9.17, 15) is 18.0 Å². The Morgan fingerprint density at radius 2 is 1.81 bits per heavy atom. The molecule has 274 valence electrons. The van der Waals surface area contributed by atoms with Crippen LogP contribution in [0.1, 0.15) is 78.6 Å². The summed E-state index contributed by atoms with van der Waals surface area (Å²) >= 11 is 0. The van der Waals surface area contributed by atoms with Gasteiger partial charge in [0.25, 0.3) is 5.91 Å². The highest BCUT2D eigenvalue weighted by molar-refractivity contribution is 6.10. The molecule has 4 heterocycles. The molecular formula is C38H42F4N8O2. The first-order valence-electron chi connectivity index (χ1n) is 17.5. The predicted molar refractivity (Wildman–Crippen MR) is 189 cm³/mol. The van der Waals surface area contributed by atoms with Gasteiger partial charge in [-0.15, -0.1) is 10.2 Å². The van der Waals surface area contributed by atoms with Gasteiger partial charge < -0.3 is 14.6 Å². The summed E-state index contributed by atoms with van der Waals surface area (Å²) in [5.74, 6) is 0.383. The fraction of sp³-hybridized carbons (Fsp3) is 0.447. The SMILES string of the molecule is Cn1cnnc1-c1ccc(C(C)(C)F)cc1-c1cc(NCCCC#N)nc(N2Cc3c(cc(CN4CCCCCOCC4)cc3C(F)(F)F)C2=O)c1. The maximum Gasteiger partial charge on any atom is 0.416 e. The van der Waals surface area contributed by atoms with E-state index in [2.05, 4.69) is 31.5 Å². The van der Waals surface area contributed by atoms with Crippen LogP contribution in [0.4, 0.5) is 29.2 Å². The van der Waals surface area contributed by atoms with E-state index in [4.69, 9.17) is 10.00 Å². The fourth-order valence-corrected chi connectivity index (χ4v) is 6.70. The van der Waals surface area contributed by atoms with Crippen LogP contribution in [-0.2, 0) is 36.7 Å². The van der Waals surface area contributed by atoms with Gasteiger partial charge in [-0.05, 0) is 104 Å². The molecule has 2 aromatic carbocycles. The highest BCUT2D eigenvalue weighted by Gasteiger charge is 2.41. The van der Waals surface area contributed by atoms with E-state index in [1.54, 1.807) is 54.3 Å². The lowest BCUT2D eigenvalue weighted by Gasteiger charge is -2.22. The molecular weight excluding hydrogens is 676 g/mol. The number of amides is 1. The van der Waals surface area contributed by atoms with E-state index < -0.39 is 23.3 Å². The van der Waals surface area contributed by atoms with Crippen LogP contribution in [0.5, 0.6) is 0 Å². The lowest BCUT2D eigenvalue weighted by Crippen LogP contribution is -2.28. The highest BCUT2D eigenvalue weighted by Crippen LogP contribution is 2.42. The zero-order chi connectivity index (χ0) is 37.0. The third-order valence-corrected chi connectivity index (χ3v) is 9.46. The Hall–Kier alpha value is -4.87. The van der Waals surface area contributed by atoms with E-state index in [-0.39, 0.29) is 30.0 Å². The largest absolute Gasteiger partial charge is 0.416 e. The normalized spacial score (nSPS) is 15.9. The van der Waals surface area contributed by atoms with Crippen molar-refractivity contribution in [3.8, 4) is 28.6 Å². The number of aryl methyl sites for hydroxylation is 1. The summed E-state index contributed by atoms with van der Waals surface area (Å²) in [6.45, 7) is 5.66. The summed E-state index contributed by atoms with van der Waals surface area (Å²) in [6, 6.07) is 13.3. The van der Waals surface area contributed by atoms with Crippen LogP contribution in [0.15, 0.2) is 48.8 Å². The number of benzene rings is 2. The predicted octanol–water partition coefficient (Wildman–Crippen LogP) is 7.65. The standard InChI is InChI=1S/C38H42F4N8O2/c1-37(2,39)27-9-10-28(35-47-45-24-48(35)3)29(21-27)26-19-33(44-12-6-5-11-43)46-34(20-26)50-23-31-30(36(50)51)17-25(18-32(31)38(40,41)42)22-49-13-7-4-8-15-52-16-14-49/h9-10,17-21,24H,4-8,12-16,22-23H2,1-3H3,(H,44,46). The number of carbonyl (C=O) groups excluding carboxylic acids is 1. The minimum Gasteiger partial charge on any atom is -0.380 e. The second-order valence-electron chi connectivity index (χ2n) is 13.8. The minimum atomic E-state index is -4.69. The first-order chi connectivity index (χ1) is 24.8. The number of nitrogens with one attached hydrogen (secondary N) is 1. The van der Waals surface area contributed by atoms with Gasteiger partial charge in [0.2, 0.25) is 0 Å². The maximum atomic E-state index is 15.3. The molecule has 0 bridgehead atoms. The van der Waals surface area contributed by atoms with Crippen molar-refractivity contribution < 1.29 is 27.1 Å². The van der Waals surface area contributed by atoms with E-state index in [0.717, 1.165) is 31.9 Å². The van der Waals surface area contributed by atoms with Crippen molar-refractivity contribution >= 4 is 17.5 Å². The summed E-state index contributed by atoms with van der Waals surface area (Å²) in [6.07, 6.45) is 0.495. The lowest BCUT2D eigenvalue weighted by molar-refractivity contribution is -0.138. The molecule has 52 heavy (non-hydrogen) atoms. The average molecular weight is 719 g/mol. The zero-order valence-electron chi connectivity index (χ0n) is 29.6. The third-order valence-electron chi connectivity index (χ3n) is 9.46. The number of fused-ring (bicyclic) bond motifs is 1. The smallest absolute Gasteiger partial charge is 0.380 e. The number of halogens is 4. The van der Waals surface area contributed by atoms with E-state index in [0.29, 0.717) is 78.6 Å². The molecule has 1 saturated heterocycles. The molecule has 2 aliphatic rings. The average Bonchev–Trinajstić information content (AvgIpc) is 3.71. The Morgan fingerprint density at radius 1 is 0.981 bits per heavy atom. The van der Waals surface area contributed by atoms with Gasteiger partial charge in [0.05, 0.1) is 24.8 Å². The number of unbranched alkanes of at least 4 members (excludes halogenated alkanes) is 1. The molecule has 2 aromatic heterocycles. The van der Waals surface area contributed by atoms with Gasteiger partial charge in [0.15, 0.2) is 5.82 Å². The number of nitriles is 1. The van der Waals surface area contributed by atoms with Gasteiger partial charge in [0, 0.05) is 50.8 Å². The third kappa shape index (κ3) is 8.26. The monoisotopic (exact) mass is 718 g/mol. The molecule has 1 amide bonds. The van der Waals surface area contributed by atoms with Crippen molar-refractivity contribution in [1.29, 1.82) is 5.26 Å². The molecule has 2 aliphatic heterocycles. The van der Waals surface area contributed by atoms with Gasteiger partial charge in [-0.25, -0.2) is 9.37 Å². The second-order valence-corrected chi connectivity index (χ2v) is 13.8. The number of ether oxygens (including phenoxy) is 1. The first-order valence-corrected chi connectivity index (χ1v) is 17.5. The Bertz CT molecular complexity index is 1950. The molecule has 0 spiro atoms. The van der Waals surface area contributed by atoms with Crippen molar-refractivity contribution in [2.75, 3.05) is 43.1 Å². The molecule has 0 aliphatic carbocycles. The second kappa shape index (κ2) is 15.4. The Morgan fingerprint density at radius 3 is 2.54 bits per heavy atom. The molecule has 14 heteroatoms. The van der Waals surface area contributed by atoms with Gasteiger partial charge in [0.1, 0.15) is 23.6 Å². The van der Waals surface area contributed by atoms with Gasteiger partial charge >= 0.3 is 6.18 Å². The van der Waals surface area contributed by atoms with Crippen LogP contribution in [0, 0.1) is 11.3 Å². The molecule has 0 saturated carbocycles. The van der Waals surface area contributed by atoms with Crippen molar-refractivity contribution in [2.24, 2.45) is 7.05 Å². The van der Waals surface area contributed by atoms with Crippen molar-refractivity contribution in [2.45, 2.75) is 70.9 Å². The molecule has 1 fully saturated rings. The Balaban J connectivity index is 1.43. The van der Waals surface area contributed by atoms with Crippen LogP contribution in [0.25, 0.3) is 22.5 Å². The summed E-state index contributed by atoms with van der Waals surface area (Å²) in [4.78, 5) is 22.2. The van der Waals surface area contributed by atoms with Crippen LogP contribution in [-0.4, -0.2) is 63.4 Å². The quantitative estimate of drug-likeness (QED) is 0.132. The number of anilines is 2. The van der Waals surface area contributed by atoms with Crippen LogP contribution in [0.3, 0.4) is 0 Å². The number of hydrogen-bond acceptors (Lipinski definition) is 8. The number of aromatic nitrogens is 4. The van der Waals surface area contributed by atoms with E-state index >= 15 is 4.39 Å². The number of rotatable bonds is 10. The van der Waals surface area contributed by atoms with Gasteiger partial charge in [-0.2, -0.15) is 18.4 Å². The fourth-order valence-electron chi connectivity index (χ4n) is 6.70. The molecule has 1 N–H and O–H groups in total. The van der Waals surface area contributed by atoms with E-state index in [1.165, 1.54) is 18.7 Å². The van der Waals surface area contributed by atoms with Crippen molar-refractivity contribution in [3.63, 3.8) is 0 Å². The number of carbonyl (C=O) groups is 1. The topological polar surface area (TPSA) is 112 Å². The maximum absolute atomic E-state index is 15.3. The molecule has 0 atom stereocenters. The van der Waals surface area contributed by atoms with Gasteiger partial charge in [-0.3, -0.25) is 14.6 Å². The summed E-state index contributed by atoms with van der Waals surface area (Å²) in [7, 11) is 1.78. The molecule has 4 aromatic rings. The van der Waals surface area contributed by atoms with Crippen molar-refractivity contribution in [3.05, 3.63) is 76.6 Å². The lowest BCUT2D eigenvalue weighted by atomic mass is 9.91. The number of pyridine rings is 1. The molecule has 6 rings (SSSR count).